The van der Waals surface area contributed by atoms with Gasteiger partial charge in [0.25, 0.3) is 5.91 Å². The Kier molecular flexibility index (Phi) is 7.38. The Balaban J connectivity index is 1.67. The van der Waals surface area contributed by atoms with E-state index >= 15 is 0 Å². The third-order valence-electron chi connectivity index (χ3n) is 5.93. The van der Waals surface area contributed by atoms with Gasteiger partial charge in [-0.3, -0.25) is 9.78 Å². The van der Waals surface area contributed by atoms with E-state index < -0.39 is 11.4 Å². The van der Waals surface area contributed by atoms with Gasteiger partial charge in [0.1, 0.15) is 5.82 Å². The molecule has 3 aromatic rings. The molecule has 1 amide bonds. The average molecular weight is 467 g/mol. The van der Waals surface area contributed by atoms with Crippen molar-refractivity contribution in [2.75, 3.05) is 33.4 Å². The highest BCUT2D eigenvalue weighted by Gasteiger charge is 2.45. The quantitative estimate of drug-likeness (QED) is 0.549. The first-order valence-electron chi connectivity index (χ1n) is 11.6. The highest BCUT2D eigenvalue weighted by Crippen LogP contribution is 2.29. The lowest BCUT2D eigenvalue weighted by atomic mass is 9.91. The fourth-order valence-electron chi connectivity index (χ4n) is 4.47. The lowest BCUT2D eigenvalue weighted by molar-refractivity contribution is -0.163. The summed E-state index contributed by atoms with van der Waals surface area (Å²) >= 11 is 0. The van der Waals surface area contributed by atoms with Crippen molar-refractivity contribution >= 4 is 16.8 Å². The zero-order chi connectivity index (χ0) is 24.1. The molecular weight excluding hydrogens is 435 g/mol. The Labute approximate surface area is 199 Å². The smallest absolute Gasteiger partial charge is 0.256 e. The fraction of sp³-hybridized carbons (Fsp3) is 0.423. The molecule has 1 aliphatic rings. The van der Waals surface area contributed by atoms with E-state index in [1.54, 1.807) is 6.20 Å². The van der Waals surface area contributed by atoms with Gasteiger partial charge in [0.2, 0.25) is 5.88 Å². The number of nitrogens with one attached hydrogen (secondary N) is 1. The van der Waals surface area contributed by atoms with Gasteiger partial charge in [-0.25, -0.2) is 9.37 Å². The number of carbonyl (C=O) groups excluding carboxylic acids is 1. The van der Waals surface area contributed by atoms with Gasteiger partial charge in [-0.1, -0.05) is 26.0 Å². The second kappa shape index (κ2) is 10.4. The molecule has 0 spiro atoms. The lowest BCUT2D eigenvalue weighted by Crippen LogP contribution is -2.61. The van der Waals surface area contributed by atoms with E-state index in [0.717, 1.165) is 22.7 Å². The number of methoxy groups -OCH3 is 1. The number of amides is 1. The van der Waals surface area contributed by atoms with Crippen LogP contribution in [-0.4, -0.2) is 59.7 Å². The zero-order valence-corrected chi connectivity index (χ0v) is 19.9. The van der Waals surface area contributed by atoms with Gasteiger partial charge in [-0.2, -0.15) is 0 Å². The first-order chi connectivity index (χ1) is 16.4. The molecule has 4 rings (SSSR count). The molecule has 1 N–H and O–H groups in total. The lowest BCUT2D eigenvalue weighted by Gasteiger charge is -2.40. The second-order valence-corrected chi connectivity index (χ2v) is 9.13. The molecule has 0 radical (unpaired) electrons. The number of hydrogen-bond donors (Lipinski definition) is 1. The summed E-state index contributed by atoms with van der Waals surface area (Å²) in [5.41, 5.74) is 1.24. The number of carbonyl (C=O) groups is 1. The Hall–Kier alpha value is -3.10. The molecule has 2 aromatic heterocycles. The maximum Gasteiger partial charge on any atom is 0.256 e. The molecular formula is C26H31FN4O3. The van der Waals surface area contributed by atoms with Gasteiger partial charge in [0.15, 0.2) is 5.60 Å². The maximum atomic E-state index is 14.1. The predicted octanol–water partition coefficient (Wildman–Crippen LogP) is 3.36. The van der Waals surface area contributed by atoms with E-state index in [0.29, 0.717) is 44.2 Å². The molecule has 7 nitrogen and oxygen atoms in total. The van der Waals surface area contributed by atoms with E-state index in [1.807, 2.05) is 29.2 Å². The summed E-state index contributed by atoms with van der Waals surface area (Å²) in [6, 6.07) is 11.3. The Morgan fingerprint density at radius 3 is 2.88 bits per heavy atom. The number of nitrogens with zero attached hydrogens (tertiary/aromatic N) is 3. The third-order valence-corrected chi connectivity index (χ3v) is 5.93. The van der Waals surface area contributed by atoms with Crippen molar-refractivity contribution in [2.24, 2.45) is 5.92 Å². The van der Waals surface area contributed by atoms with E-state index in [1.165, 1.54) is 13.2 Å². The van der Waals surface area contributed by atoms with Crippen LogP contribution in [0.3, 0.4) is 0 Å². The van der Waals surface area contributed by atoms with Crippen molar-refractivity contribution in [1.29, 1.82) is 0 Å². The number of halogens is 1. The molecule has 0 unspecified atom stereocenters. The Morgan fingerprint density at radius 1 is 1.29 bits per heavy atom. The summed E-state index contributed by atoms with van der Waals surface area (Å²) in [6.45, 7) is 6.51. The molecule has 1 saturated heterocycles. The van der Waals surface area contributed by atoms with Crippen LogP contribution in [-0.2, 0) is 22.5 Å². The summed E-state index contributed by atoms with van der Waals surface area (Å²) in [6.07, 6.45) is 3.03. The second-order valence-electron chi connectivity index (χ2n) is 9.13. The van der Waals surface area contributed by atoms with Gasteiger partial charge in [-0.05, 0) is 35.7 Å². The number of benzene rings is 1. The van der Waals surface area contributed by atoms with Crippen LogP contribution in [0.2, 0.25) is 0 Å². The maximum absolute atomic E-state index is 14.1. The van der Waals surface area contributed by atoms with Gasteiger partial charge in [0.05, 0.1) is 25.4 Å². The van der Waals surface area contributed by atoms with Crippen molar-refractivity contribution in [3.05, 3.63) is 65.7 Å². The molecule has 0 saturated carbocycles. The molecule has 3 heterocycles. The van der Waals surface area contributed by atoms with Crippen LogP contribution in [0.5, 0.6) is 5.88 Å². The number of rotatable bonds is 8. The highest BCUT2D eigenvalue weighted by molar-refractivity contribution is 5.86. The van der Waals surface area contributed by atoms with E-state index in [4.69, 9.17) is 9.47 Å². The van der Waals surface area contributed by atoms with E-state index in [-0.39, 0.29) is 18.2 Å². The number of ether oxygens (including phenoxy) is 2. The van der Waals surface area contributed by atoms with Crippen molar-refractivity contribution in [3.8, 4) is 5.88 Å². The third kappa shape index (κ3) is 5.34. The van der Waals surface area contributed by atoms with Crippen molar-refractivity contribution in [3.63, 3.8) is 0 Å². The SMILES string of the molecule is COc1ncc(F)cc1C[C@]1(C(=O)N(Cc2ccc3ncccc3c2)CC(C)C)CNCCO1. The Bertz CT molecular complexity index is 1150. The average Bonchev–Trinajstić information content (AvgIpc) is 2.83. The van der Waals surface area contributed by atoms with E-state index in [2.05, 4.69) is 35.2 Å². The topological polar surface area (TPSA) is 76.6 Å². The summed E-state index contributed by atoms with van der Waals surface area (Å²) in [5.74, 6) is -0.0674. The fourth-order valence-corrected chi connectivity index (χ4v) is 4.47. The molecule has 1 atom stereocenters. The van der Waals surface area contributed by atoms with Gasteiger partial charge in [-0.15, -0.1) is 0 Å². The number of morpholine rings is 1. The predicted molar refractivity (Wildman–Crippen MR) is 128 cm³/mol. The zero-order valence-electron chi connectivity index (χ0n) is 19.9. The minimum Gasteiger partial charge on any atom is -0.481 e. The highest BCUT2D eigenvalue weighted by atomic mass is 19.1. The van der Waals surface area contributed by atoms with Crippen molar-refractivity contribution in [2.45, 2.75) is 32.4 Å². The van der Waals surface area contributed by atoms with Crippen molar-refractivity contribution in [1.82, 2.24) is 20.2 Å². The number of hydrogen-bond acceptors (Lipinski definition) is 6. The first-order valence-corrected chi connectivity index (χ1v) is 11.6. The van der Waals surface area contributed by atoms with Crippen LogP contribution >= 0.6 is 0 Å². The van der Waals surface area contributed by atoms with Crippen LogP contribution < -0.4 is 10.1 Å². The van der Waals surface area contributed by atoms with E-state index in [9.17, 15) is 9.18 Å². The first kappa shape index (κ1) is 24.0. The molecule has 1 aromatic carbocycles. The Morgan fingerprint density at radius 2 is 2.15 bits per heavy atom. The van der Waals surface area contributed by atoms with Gasteiger partial charge in [0, 0.05) is 49.7 Å². The van der Waals surface area contributed by atoms with Crippen LogP contribution in [0, 0.1) is 11.7 Å². The number of pyridine rings is 2. The van der Waals surface area contributed by atoms with Gasteiger partial charge >= 0.3 is 0 Å². The molecule has 1 fully saturated rings. The molecule has 1 aliphatic heterocycles. The molecule has 0 bridgehead atoms. The molecule has 0 aliphatic carbocycles. The number of aromatic nitrogens is 2. The van der Waals surface area contributed by atoms with Crippen LogP contribution in [0.25, 0.3) is 10.9 Å². The summed E-state index contributed by atoms with van der Waals surface area (Å²) < 4.78 is 25.5. The van der Waals surface area contributed by atoms with Crippen LogP contribution in [0.4, 0.5) is 4.39 Å². The summed E-state index contributed by atoms with van der Waals surface area (Å²) in [4.78, 5) is 24.4. The minimum atomic E-state index is -1.19. The van der Waals surface area contributed by atoms with Crippen LogP contribution in [0.1, 0.15) is 25.0 Å². The largest absolute Gasteiger partial charge is 0.481 e. The molecule has 180 valence electrons. The summed E-state index contributed by atoms with van der Waals surface area (Å²) in [7, 11) is 1.48. The standard InChI is InChI=1S/C26H31FN4O3/c1-18(2)15-31(16-19-6-7-23-20(11-19)5-4-8-29-23)25(32)26(17-28-9-10-34-26)13-21-12-22(27)14-30-24(21)33-3/h4-8,11-12,14,18,28H,9-10,13,15-17H2,1-3H3/t26-/m1/s1. The number of fused-ring (bicyclic) bond motifs is 1. The van der Waals surface area contributed by atoms with Gasteiger partial charge < -0.3 is 19.7 Å². The summed E-state index contributed by atoms with van der Waals surface area (Å²) in [5, 5.41) is 4.32. The normalized spacial score (nSPS) is 18.3. The minimum absolute atomic E-state index is 0.133. The van der Waals surface area contributed by atoms with Crippen molar-refractivity contribution < 1.29 is 18.7 Å². The molecule has 8 heteroatoms. The monoisotopic (exact) mass is 466 g/mol. The molecule has 34 heavy (non-hydrogen) atoms. The van der Waals surface area contributed by atoms with Crippen LogP contribution in [0.15, 0.2) is 48.8 Å².